The Hall–Kier alpha value is -1.94. The first-order chi connectivity index (χ1) is 9.13. The van der Waals surface area contributed by atoms with Gasteiger partial charge in [-0.15, -0.1) is 0 Å². The first-order valence-electron chi connectivity index (χ1n) is 5.60. The van der Waals surface area contributed by atoms with Crippen LogP contribution in [0.15, 0.2) is 11.2 Å². The van der Waals surface area contributed by atoms with Crippen molar-refractivity contribution in [3.8, 4) is 0 Å². The SMILES string of the molecule is Cc1nc(S(=O)(=O)NC(CCC(=O)O)C(=O)O)cn1C. The zero-order valence-electron chi connectivity index (χ0n) is 10.9. The summed E-state index contributed by atoms with van der Waals surface area (Å²) >= 11 is 0. The lowest BCUT2D eigenvalue weighted by molar-refractivity contribution is -0.140. The molecule has 0 amide bonds. The summed E-state index contributed by atoms with van der Waals surface area (Å²) in [4.78, 5) is 25.2. The highest BCUT2D eigenvalue weighted by Crippen LogP contribution is 2.10. The van der Waals surface area contributed by atoms with Crippen LogP contribution in [-0.4, -0.2) is 46.2 Å². The molecule has 1 atom stereocenters. The maximum absolute atomic E-state index is 12.0. The van der Waals surface area contributed by atoms with Crippen molar-refractivity contribution >= 4 is 22.0 Å². The second kappa shape index (κ2) is 6.01. The zero-order chi connectivity index (χ0) is 15.5. The van der Waals surface area contributed by atoms with Gasteiger partial charge in [-0.25, -0.2) is 13.4 Å². The van der Waals surface area contributed by atoms with Crippen molar-refractivity contribution in [3.05, 3.63) is 12.0 Å². The molecule has 0 aliphatic rings. The summed E-state index contributed by atoms with van der Waals surface area (Å²) in [7, 11) is -2.51. The van der Waals surface area contributed by atoms with Gasteiger partial charge in [-0.05, 0) is 13.3 Å². The third-order valence-electron chi connectivity index (χ3n) is 2.60. The first kappa shape index (κ1) is 16.1. The number of imidazole rings is 1. The minimum atomic E-state index is -4.11. The van der Waals surface area contributed by atoms with Gasteiger partial charge in [-0.2, -0.15) is 4.72 Å². The van der Waals surface area contributed by atoms with Crippen LogP contribution < -0.4 is 4.72 Å². The fraction of sp³-hybridized carbons (Fsp3) is 0.500. The Morgan fingerprint density at radius 3 is 2.45 bits per heavy atom. The molecule has 1 aromatic heterocycles. The van der Waals surface area contributed by atoms with Gasteiger partial charge in [-0.3, -0.25) is 9.59 Å². The number of rotatable bonds is 7. The van der Waals surface area contributed by atoms with Crippen LogP contribution in [0.5, 0.6) is 0 Å². The average molecular weight is 305 g/mol. The number of sulfonamides is 1. The molecule has 0 aromatic carbocycles. The highest BCUT2D eigenvalue weighted by Gasteiger charge is 2.27. The number of hydrogen-bond donors (Lipinski definition) is 3. The van der Waals surface area contributed by atoms with Crippen LogP contribution in [0.3, 0.4) is 0 Å². The summed E-state index contributed by atoms with van der Waals surface area (Å²) in [5, 5.41) is 17.1. The Kier molecular flexibility index (Phi) is 4.84. The topological polar surface area (TPSA) is 139 Å². The van der Waals surface area contributed by atoms with Gasteiger partial charge in [0.2, 0.25) is 0 Å². The molecule has 20 heavy (non-hydrogen) atoms. The molecule has 0 spiro atoms. The van der Waals surface area contributed by atoms with Crippen molar-refractivity contribution < 1.29 is 28.2 Å². The molecular formula is C10H15N3O6S. The molecular weight excluding hydrogens is 290 g/mol. The molecule has 1 aromatic rings. The van der Waals surface area contributed by atoms with Gasteiger partial charge in [0.25, 0.3) is 10.0 Å². The molecule has 0 saturated carbocycles. The van der Waals surface area contributed by atoms with E-state index < -0.39 is 34.4 Å². The van der Waals surface area contributed by atoms with E-state index in [-0.39, 0.29) is 11.4 Å². The van der Waals surface area contributed by atoms with E-state index in [2.05, 4.69) is 4.98 Å². The number of carbonyl (C=O) groups is 2. The van der Waals surface area contributed by atoms with E-state index in [1.807, 2.05) is 4.72 Å². The first-order valence-corrected chi connectivity index (χ1v) is 7.08. The van der Waals surface area contributed by atoms with Gasteiger partial charge >= 0.3 is 11.9 Å². The third-order valence-corrected chi connectivity index (χ3v) is 3.95. The molecule has 0 saturated heterocycles. The van der Waals surface area contributed by atoms with Crippen molar-refractivity contribution in [1.82, 2.24) is 14.3 Å². The molecule has 0 aliphatic carbocycles. The predicted molar refractivity (Wildman–Crippen MR) is 66.6 cm³/mol. The molecule has 0 radical (unpaired) electrons. The molecule has 3 N–H and O–H groups in total. The minimum absolute atomic E-state index is 0.306. The van der Waals surface area contributed by atoms with Gasteiger partial charge in [0.1, 0.15) is 11.9 Å². The number of aryl methyl sites for hydroxylation is 2. The van der Waals surface area contributed by atoms with E-state index in [4.69, 9.17) is 10.2 Å². The maximum atomic E-state index is 12.0. The average Bonchev–Trinajstić information content (AvgIpc) is 2.65. The molecule has 0 bridgehead atoms. The van der Waals surface area contributed by atoms with Crippen LogP contribution in [0.4, 0.5) is 0 Å². The lowest BCUT2D eigenvalue weighted by Gasteiger charge is -2.12. The van der Waals surface area contributed by atoms with Crippen molar-refractivity contribution in [2.45, 2.75) is 30.8 Å². The van der Waals surface area contributed by atoms with Crippen LogP contribution in [0.25, 0.3) is 0 Å². The summed E-state index contributed by atoms with van der Waals surface area (Å²) in [6.45, 7) is 1.60. The number of aromatic nitrogens is 2. The molecule has 0 fully saturated rings. The molecule has 1 heterocycles. The largest absolute Gasteiger partial charge is 0.481 e. The zero-order valence-corrected chi connectivity index (χ0v) is 11.7. The maximum Gasteiger partial charge on any atom is 0.321 e. The normalized spacial score (nSPS) is 13.1. The van der Waals surface area contributed by atoms with E-state index in [0.29, 0.717) is 5.82 Å². The van der Waals surface area contributed by atoms with Crippen LogP contribution in [0.1, 0.15) is 18.7 Å². The predicted octanol–water partition coefficient (Wildman–Crippen LogP) is -0.675. The number of hydrogen-bond acceptors (Lipinski definition) is 5. The summed E-state index contributed by atoms with van der Waals surface area (Å²) in [6, 6.07) is -1.52. The Morgan fingerprint density at radius 1 is 1.45 bits per heavy atom. The Labute approximate surface area is 115 Å². The quantitative estimate of drug-likeness (QED) is 0.606. The highest BCUT2D eigenvalue weighted by molar-refractivity contribution is 7.89. The minimum Gasteiger partial charge on any atom is -0.481 e. The Balaban J connectivity index is 2.91. The van der Waals surface area contributed by atoms with Crippen molar-refractivity contribution in [2.24, 2.45) is 7.05 Å². The summed E-state index contributed by atoms with van der Waals surface area (Å²) in [5.74, 6) is -2.20. The number of nitrogens with zero attached hydrogens (tertiary/aromatic N) is 2. The van der Waals surface area contributed by atoms with Gasteiger partial charge < -0.3 is 14.8 Å². The van der Waals surface area contributed by atoms with Gasteiger partial charge in [0.05, 0.1) is 0 Å². The van der Waals surface area contributed by atoms with Gasteiger partial charge in [0, 0.05) is 19.7 Å². The van der Waals surface area contributed by atoms with Gasteiger partial charge in [-0.1, -0.05) is 0 Å². The van der Waals surface area contributed by atoms with E-state index in [1.165, 1.54) is 10.8 Å². The summed E-state index contributed by atoms with van der Waals surface area (Å²) in [5.41, 5.74) is 0. The van der Waals surface area contributed by atoms with Gasteiger partial charge in [0.15, 0.2) is 5.03 Å². The van der Waals surface area contributed by atoms with E-state index in [1.54, 1.807) is 14.0 Å². The molecule has 112 valence electrons. The van der Waals surface area contributed by atoms with E-state index in [0.717, 1.165) is 0 Å². The third kappa shape index (κ3) is 4.03. The van der Waals surface area contributed by atoms with Crippen LogP contribution >= 0.6 is 0 Å². The number of nitrogens with one attached hydrogen (secondary N) is 1. The smallest absolute Gasteiger partial charge is 0.321 e. The molecule has 9 nitrogen and oxygen atoms in total. The van der Waals surface area contributed by atoms with Crippen molar-refractivity contribution in [2.75, 3.05) is 0 Å². The number of carboxylic acids is 2. The number of carboxylic acid groups (broad SMARTS) is 2. The molecule has 1 rings (SSSR count). The monoisotopic (exact) mass is 305 g/mol. The van der Waals surface area contributed by atoms with Crippen LogP contribution in [0, 0.1) is 6.92 Å². The Bertz CT molecular complexity index is 601. The van der Waals surface area contributed by atoms with Crippen LogP contribution in [-0.2, 0) is 26.7 Å². The lowest BCUT2D eigenvalue weighted by Crippen LogP contribution is -2.41. The van der Waals surface area contributed by atoms with Crippen LogP contribution in [0.2, 0.25) is 0 Å². The highest BCUT2D eigenvalue weighted by atomic mass is 32.2. The number of aliphatic carboxylic acids is 2. The second-order valence-electron chi connectivity index (χ2n) is 4.18. The van der Waals surface area contributed by atoms with Crippen molar-refractivity contribution in [3.63, 3.8) is 0 Å². The standard InChI is InChI=1S/C10H15N3O6S/c1-6-11-8(5-13(6)2)20(18,19)12-7(10(16)17)3-4-9(14)15/h5,7,12H,3-4H2,1-2H3,(H,14,15)(H,16,17). The lowest BCUT2D eigenvalue weighted by atomic mass is 10.2. The Morgan fingerprint density at radius 2 is 2.05 bits per heavy atom. The summed E-state index contributed by atoms with van der Waals surface area (Å²) in [6.07, 6.45) is 0.435. The van der Waals surface area contributed by atoms with Crippen molar-refractivity contribution in [1.29, 1.82) is 0 Å². The van der Waals surface area contributed by atoms with E-state index >= 15 is 0 Å². The molecule has 0 aliphatic heterocycles. The molecule has 1 unspecified atom stereocenters. The second-order valence-corrected chi connectivity index (χ2v) is 5.84. The fourth-order valence-electron chi connectivity index (χ4n) is 1.40. The summed E-state index contributed by atoms with van der Waals surface area (Å²) < 4.78 is 27.3. The fourth-order valence-corrected chi connectivity index (χ4v) is 2.67. The van der Waals surface area contributed by atoms with E-state index in [9.17, 15) is 18.0 Å². The molecule has 10 heteroatoms.